The number of aromatic amines is 1. The number of H-pyrrole nitrogens is 1. The first-order chi connectivity index (χ1) is 14.4. The molecule has 1 unspecified atom stereocenters. The molecule has 2 aromatic rings. The Balaban J connectivity index is 1.52. The Morgan fingerprint density at radius 2 is 2.10 bits per heavy atom. The first kappa shape index (κ1) is 21.3. The predicted octanol–water partition coefficient (Wildman–Crippen LogP) is 0.954. The maximum atomic E-state index is 12.0. The molecule has 0 spiro atoms. The highest BCUT2D eigenvalue weighted by atomic mass is 16.7. The van der Waals surface area contributed by atoms with Gasteiger partial charge in [-0.3, -0.25) is 14.3 Å². The number of carbonyl (C=O) groups excluding carboxylic acids is 1. The van der Waals surface area contributed by atoms with E-state index in [1.807, 2.05) is 6.07 Å². The Morgan fingerprint density at radius 1 is 1.37 bits per heavy atom. The van der Waals surface area contributed by atoms with E-state index in [4.69, 9.17) is 14.2 Å². The van der Waals surface area contributed by atoms with Crippen LogP contribution in [-0.4, -0.2) is 46.2 Å². The van der Waals surface area contributed by atoms with Gasteiger partial charge in [-0.1, -0.05) is 30.3 Å². The Labute approximate surface area is 171 Å². The number of nitriles is 1. The molecule has 1 aliphatic heterocycles. The summed E-state index contributed by atoms with van der Waals surface area (Å²) in [5, 5.41) is 19.4. The normalized spacial score (nSPS) is 21.6. The lowest BCUT2D eigenvalue weighted by atomic mass is 10.0. The van der Waals surface area contributed by atoms with E-state index in [1.54, 1.807) is 31.2 Å². The number of aliphatic hydroxyl groups is 1. The van der Waals surface area contributed by atoms with Crippen molar-refractivity contribution < 1.29 is 24.1 Å². The molecule has 1 aromatic heterocycles. The van der Waals surface area contributed by atoms with Crippen molar-refractivity contribution in [2.75, 3.05) is 13.2 Å². The molecular formula is C20H21N3O7. The van der Waals surface area contributed by atoms with E-state index in [-0.39, 0.29) is 19.6 Å². The summed E-state index contributed by atoms with van der Waals surface area (Å²) in [5.74, 6) is -0.633. The van der Waals surface area contributed by atoms with Crippen LogP contribution in [0, 0.1) is 18.3 Å². The summed E-state index contributed by atoms with van der Waals surface area (Å²) in [5.41, 5.74) is -0.121. The maximum absolute atomic E-state index is 12.0. The second-order valence-electron chi connectivity index (χ2n) is 6.88. The van der Waals surface area contributed by atoms with Crippen molar-refractivity contribution in [1.82, 2.24) is 9.55 Å². The van der Waals surface area contributed by atoms with Crippen molar-refractivity contribution in [3.63, 3.8) is 0 Å². The maximum Gasteiger partial charge on any atom is 0.508 e. The van der Waals surface area contributed by atoms with E-state index in [1.165, 1.54) is 10.8 Å². The van der Waals surface area contributed by atoms with Gasteiger partial charge < -0.3 is 19.3 Å². The third kappa shape index (κ3) is 4.94. The largest absolute Gasteiger partial charge is 0.508 e. The highest BCUT2D eigenvalue weighted by molar-refractivity contribution is 5.60. The van der Waals surface area contributed by atoms with Gasteiger partial charge in [-0.15, -0.1) is 0 Å². The molecule has 1 aromatic carbocycles. The van der Waals surface area contributed by atoms with E-state index in [0.717, 1.165) is 0 Å². The van der Waals surface area contributed by atoms with Gasteiger partial charge in [0.25, 0.3) is 5.56 Å². The van der Waals surface area contributed by atoms with Crippen molar-refractivity contribution in [2.24, 2.45) is 0 Å². The average molecular weight is 415 g/mol. The van der Waals surface area contributed by atoms with Gasteiger partial charge in [-0.25, -0.2) is 9.59 Å². The molecule has 30 heavy (non-hydrogen) atoms. The molecule has 1 aliphatic rings. The fraction of sp³-hybridized carbons (Fsp3) is 0.400. The monoisotopic (exact) mass is 415 g/mol. The number of nitrogens with zero attached hydrogens (tertiary/aromatic N) is 2. The summed E-state index contributed by atoms with van der Waals surface area (Å²) in [7, 11) is 0. The van der Waals surface area contributed by atoms with Crippen molar-refractivity contribution >= 4 is 6.16 Å². The summed E-state index contributed by atoms with van der Waals surface area (Å²) in [6, 6.07) is 10.9. The fourth-order valence-electron chi connectivity index (χ4n) is 3.07. The predicted molar refractivity (Wildman–Crippen MR) is 103 cm³/mol. The van der Waals surface area contributed by atoms with Gasteiger partial charge in [-0.05, 0) is 12.5 Å². The zero-order valence-corrected chi connectivity index (χ0v) is 16.2. The van der Waals surface area contributed by atoms with E-state index >= 15 is 0 Å². The molecule has 10 heteroatoms. The first-order valence-electron chi connectivity index (χ1n) is 9.28. The van der Waals surface area contributed by atoms with Crippen LogP contribution < -0.4 is 11.2 Å². The zero-order valence-electron chi connectivity index (χ0n) is 16.2. The summed E-state index contributed by atoms with van der Waals surface area (Å²) in [6.07, 6.45) is -2.24. The number of carbonyl (C=O) groups is 1. The van der Waals surface area contributed by atoms with E-state index in [9.17, 15) is 24.8 Å². The van der Waals surface area contributed by atoms with Gasteiger partial charge in [0.15, 0.2) is 0 Å². The minimum absolute atomic E-state index is 0.0823. The van der Waals surface area contributed by atoms with Gasteiger partial charge in [0.05, 0.1) is 12.2 Å². The van der Waals surface area contributed by atoms with Crippen LogP contribution in [-0.2, 0) is 14.2 Å². The smallest absolute Gasteiger partial charge is 0.433 e. The van der Waals surface area contributed by atoms with Gasteiger partial charge in [0.1, 0.15) is 31.5 Å². The van der Waals surface area contributed by atoms with Gasteiger partial charge >= 0.3 is 11.8 Å². The standard InChI is InChI=1S/C20H21N3O7/c1-12-9-23(19(26)22-18(12)25)17-7-15(24)16(30-17)11-29-20(27)28-10-14(8-21)13-5-3-2-4-6-13/h2-6,9,14-17,24H,7,10-11H2,1H3,(H,22,25,26)/t14?,15-,16+,17+/m0/s1. The number of ether oxygens (including phenoxy) is 3. The van der Waals surface area contributed by atoms with Gasteiger partial charge in [0.2, 0.25) is 0 Å². The molecule has 2 heterocycles. The second-order valence-corrected chi connectivity index (χ2v) is 6.88. The molecule has 1 saturated heterocycles. The molecule has 10 nitrogen and oxygen atoms in total. The third-order valence-electron chi connectivity index (χ3n) is 4.75. The second kappa shape index (κ2) is 9.39. The number of hydrogen-bond acceptors (Lipinski definition) is 8. The summed E-state index contributed by atoms with van der Waals surface area (Å²) in [4.78, 5) is 37.5. The molecule has 0 bridgehead atoms. The summed E-state index contributed by atoms with van der Waals surface area (Å²) >= 11 is 0. The lowest BCUT2D eigenvalue weighted by Gasteiger charge is -2.16. The molecular weight excluding hydrogens is 394 g/mol. The Morgan fingerprint density at radius 3 is 2.80 bits per heavy atom. The molecule has 3 rings (SSSR count). The fourth-order valence-corrected chi connectivity index (χ4v) is 3.07. The molecule has 1 fully saturated rings. The highest BCUT2D eigenvalue weighted by Gasteiger charge is 2.36. The summed E-state index contributed by atoms with van der Waals surface area (Å²) in [6.45, 7) is 1.07. The molecule has 4 atom stereocenters. The van der Waals surface area contributed by atoms with E-state index in [0.29, 0.717) is 11.1 Å². The lowest BCUT2D eigenvalue weighted by molar-refractivity contribution is -0.0589. The van der Waals surface area contributed by atoms with E-state index in [2.05, 4.69) is 11.1 Å². The minimum Gasteiger partial charge on any atom is -0.433 e. The molecule has 0 saturated carbocycles. The minimum atomic E-state index is -0.998. The van der Waals surface area contributed by atoms with Crippen molar-refractivity contribution in [1.29, 1.82) is 5.26 Å². The molecule has 0 radical (unpaired) electrons. The van der Waals surface area contributed by atoms with Crippen LogP contribution in [0.3, 0.4) is 0 Å². The molecule has 0 aliphatic carbocycles. The molecule has 2 N–H and O–H groups in total. The first-order valence-corrected chi connectivity index (χ1v) is 9.28. The number of aliphatic hydroxyl groups excluding tert-OH is 1. The van der Waals surface area contributed by atoms with Crippen LogP contribution in [0.1, 0.15) is 29.7 Å². The molecule has 0 amide bonds. The van der Waals surface area contributed by atoms with Crippen molar-refractivity contribution in [3.8, 4) is 6.07 Å². The third-order valence-corrected chi connectivity index (χ3v) is 4.75. The van der Waals surface area contributed by atoms with Crippen LogP contribution in [0.5, 0.6) is 0 Å². The van der Waals surface area contributed by atoms with Crippen LogP contribution in [0.25, 0.3) is 0 Å². The quantitative estimate of drug-likeness (QED) is 0.664. The molecule has 158 valence electrons. The number of rotatable bonds is 6. The number of nitrogens with one attached hydrogen (secondary N) is 1. The van der Waals surface area contributed by atoms with Crippen LogP contribution >= 0.6 is 0 Å². The van der Waals surface area contributed by atoms with Gasteiger partial charge in [-0.2, -0.15) is 5.26 Å². The van der Waals surface area contributed by atoms with Crippen LogP contribution in [0.15, 0.2) is 46.1 Å². The van der Waals surface area contributed by atoms with E-state index < -0.39 is 41.8 Å². The number of aromatic nitrogens is 2. The Kier molecular flexibility index (Phi) is 6.66. The number of benzene rings is 1. The number of aryl methyl sites for hydroxylation is 1. The lowest BCUT2D eigenvalue weighted by Crippen LogP contribution is -2.33. The van der Waals surface area contributed by atoms with Crippen LogP contribution in [0.4, 0.5) is 4.79 Å². The highest BCUT2D eigenvalue weighted by Crippen LogP contribution is 2.28. The summed E-state index contributed by atoms with van der Waals surface area (Å²) < 4.78 is 16.8. The topological polar surface area (TPSA) is 144 Å². The van der Waals surface area contributed by atoms with Crippen molar-refractivity contribution in [2.45, 2.75) is 37.7 Å². The van der Waals surface area contributed by atoms with Crippen molar-refractivity contribution in [3.05, 3.63) is 68.5 Å². The number of hydrogen-bond donors (Lipinski definition) is 2. The van der Waals surface area contributed by atoms with Crippen LogP contribution in [0.2, 0.25) is 0 Å². The zero-order chi connectivity index (χ0) is 21.7. The van der Waals surface area contributed by atoms with Gasteiger partial charge in [0, 0.05) is 18.2 Å². The Bertz CT molecular complexity index is 1040. The Hall–Kier alpha value is -3.42. The average Bonchev–Trinajstić information content (AvgIpc) is 3.10. The SMILES string of the molecule is Cc1cn([C@H]2C[C@H](O)[C@@H](COC(=O)OCC(C#N)c3ccccc3)O2)c(=O)[nH]c1=O.